The van der Waals surface area contributed by atoms with Crippen molar-refractivity contribution in [3.8, 4) is 0 Å². The molecule has 2 aliphatic heterocycles. The highest BCUT2D eigenvalue weighted by Gasteiger charge is 2.32. The summed E-state index contributed by atoms with van der Waals surface area (Å²) in [6.45, 7) is 4.29. The number of nitrogens with one attached hydrogen (secondary N) is 1. The predicted octanol–water partition coefficient (Wildman–Crippen LogP) is 1.28. The van der Waals surface area contributed by atoms with E-state index in [0.29, 0.717) is 19.8 Å². The minimum absolute atomic E-state index is 0.233. The molecule has 1 aromatic rings. The Morgan fingerprint density at radius 1 is 1.17 bits per heavy atom. The number of amides is 1. The number of hydrogen-bond donors (Lipinski definition) is 1. The Bertz CT molecular complexity index is 541. The summed E-state index contributed by atoms with van der Waals surface area (Å²) < 4.78 is 5.33. The summed E-state index contributed by atoms with van der Waals surface area (Å²) in [5, 5.41) is 0. The molecule has 2 fully saturated rings. The Kier molecular flexibility index (Phi) is 4.35. The van der Waals surface area contributed by atoms with Crippen molar-refractivity contribution in [1.29, 1.82) is 0 Å². The minimum Gasteiger partial charge on any atom is -0.378 e. The molecule has 1 atom stereocenters. The van der Waals surface area contributed by atoms with Gasteiger partial charge in [-0.25, -0.2) is 4.98 Å². The van der Waals surface area contributed by atoms with E-state index in [-0.39, 0.29) is 11.9 Å². The van der Waals surface area contributed by atoms with Gasteiger partial charge in [0, 0.05) is 18.8 Å². The number of carbonyl (C=O) groups is 1. The third-order valence-corrected chi connectivity index (χ3v) is 5.35. The highest BCUT2D eigenvalue weighted by atomic mass is 16.5. The second-order valence-corrected chi connectivity index (χ2v) is 6.88. The largest absolute Gasteiger partial charge is 0.378 e. The van der Waals surface area contributed by atoms with Crippen molar-refractivity contribution < 1.29 is 9.53 Å². The van der Waals surface area contributed by atoms with Crippen LogP contribution in [0.2, 0.25) is 0 Å². The Balaban J connectivity index is 1.44. The lowest BCUT2D eigenvalue weighted by atomic mass is 10.0. The van der Waals surface area contributed by atoms with Gasteiger partial charge < -0.3 is 14.6 Å². The number of ether oxygens (including phenoxy) is 1. The fourth-order valence-corrected chi connectivity index (χ4v) is 4.04. The van der Waals surface area contributed by atoms with Gasteiger partial charge in [-0.1, -0.05) is 0 Å². The van der Waals surface area contributed by atoms with Crippen LogP contribution >= 0.6 is 0 Å². The maximum Gasteiger partial charge on any atom is 0.236 e. The first-order chi connectivity index (χ1) is 11.3. The van der Waals surface area contributed by atoms with Crippen molar-refractivity contribution in [2.24, 2.45) is 0 Å². The standard InChI is InChI=1S/C17H26N4O2/c22-16(20-8-10-23-11-9-20)12-21-7-3-6-15(21)17-18-13-4-1-2-5-14(13)19-17/h15H,1-12H2,(H,18,19)/t15-/m1/s1. The van der Waals surface area contributed by atoms with Gasteiger partial charge in [0.2, 0.25) is 5.91 Å². The first kappa shape index (κ1) is 15.1. The average molecular weight is 318 g/mol. The van der Waals surface area contributed by atoms with Crippen LogP contribution < -0.4 is 0 Å². The highest BCUT2D eigenvalue weighted by molar-refractivity contribution is 5.78. The molecular weight excluding hydrogens is 292 g/mol. The van der Waals surface area contributed by atoms with Crippen molar-refractivity contribution in [2.75, 3.05) is 39.4 Å². The number of aryl methyl sites for hydroxylation is 2. The zero-order valence-corrected chi connectivity index (χ0v) is 13.7. The van der Waals surface area contributed by atoms with E-state index >= 15 is 0 Å². The first-order valence-electron chi connectivity index (χ1n) is 8.98. The molecule has 0 bridgehead atoms. The van der Waals surface area contributed by atoms with Gasteiger partial charge >= 0.3 is 0 Å². The molecule has 6 nitrogen and oxygen atoms in total. The van der Waals surface area contributed by atoms with Crippen LogP contribution in [0, 0.1) is 0 Å². The molecule has 1 aromatic heterocycles. The van der Waals surface area contributed by atoms with Crippen molar-refractivity contribution in [2.45, 2.75) is 44.6 Å². The summed E-state index contributed by atoms with van der Waals surface area (Å²) in [4.78, 5) is 25.2. The Labute approximate surface area is 137 Å². The first-order valence-corrected chi connectivity index (χ1v) is 8.98. The molecule has 6 heteroatoms. The fraction of sp³-hybridized carbons (Fsp3) is 0.765. The van der Waals surface area contributed by atoms with Gasteiger partial charge in [-0.15, -0.1) is 0 Å². The number of imidazole rings is 1. The van der Waals surface area contributed by atoms with E-state index in [0.717, 1.165) is 51.1 Å². The smallest absolute Gasteiger partial charge is 0.236 e. The molecule has 0 saturated carbocycles. The van der Waals surface area contributed by atoms with Gasteiger partial charge in [0.25, 0.3) is 0 Å². The molecule has 1 aliphatic carbocycles. The van der Waals surface area contributed by atoms with Crippen LogP contribution in [0.1, 0.15) is 48.9 Å². The van der Waals surface area contributed by atoms with Crippen LogP contribution in [-0.4, -0.2) is 65.1 Å². The summed E-state index contributed by atoms with van der Waals surface area (Å²) in [6, 6.07) is 0.283. The average Bonchev–Trinajstić information content (AvgIpc) is 3.21. The Morgan fingerprint density at radius 2 is 2.00 bits per heavy atom. The van der Waals surface area contributed by atoms with Crippen LogP contribution in [0.5, 0.6) is 0 Å². The summed E-state index contributed by atoms with van der Waals surface area (Å²) in [5.74, 6) is 1.32. The minimum atomic E-state index is 0.233. The van der Waals surface area contributed by atoms with Gasteiger partial charge in [-0.2, -0.15) is 0 Å². The van der Waals surface area contributed by atoms with Gasteiger partial charge in [-0.05, 0) is 45.1 Å². The fourth-order valence-electron chi connectivity index (χ4n) is 4.04. The molecule has 1 N–H and O–H groups in total. The third kappa shape index (κ3) is 3.15. The molecule has 0 spiro atoms. The summed E-state index contributed by atoms with van der Waals surface area (Å²) in [6.07, 6.45) is 6.99. The molecule has 0 radical (unpaired) electrons. The number of carbonyl (C=O) groups excluding carboxylic acids is 1. The normalized spacial score (nSPS) is 25.6. The van der Waals surface area contributed by atoms with E-state index in [1.807, 2.05) is 4.90 Å². The molecular formula is C17H26N4O2. The maximum absolute atomic E-state index is 12.5. The van der Waals surface area contributed by atoms with Gasteiger partial charge in [0.1, 0.15) is 5.82 Å². The molecule has 23 heavy (non-hydrogen) atoms. The van der Waals surface area contributed by atoms with E-state index in [2.05, 4.69) is 9.88 Å². The second-order valence-electron chi connectivity index (χ2n) is 6.88. The molecule has 2 saturated heterocycles. The zero-order valence-electron chi connectivity index (χ0n) is 13.7. The van der Waals surface area contributed by atoms with Crippen molar-refractivity contribution in [3.05, 3.63) is 17.2 Å². The topological polar surface area (TPSA) is 61.5 Å². The molecule has 4 rings (SSSR count). The SMILES string of the molecule is O=C(CN1CCC[C@@H]1c1nc2c([nH]1)CCCC2)N1CCOCC1. The number of nitrogens with zero attached hydrogens (tertiary/aromatic N) is 3. The summed E-state index contributed by atoms with van der Waals surface area (Å²) >= 11 is 0. The molecule has 126 valence electrons. The lowest BCUT2D eigenvalue weighted by molar-refractivity contribution is -0.136. The summed E-state index contributed by atoms with van der Waals surface area (Å²) in [7, 11) is 0. The molecule has 0 aromatic carbocycles. The Morgan fingerprint density at radius 3 is 2.83 bits per heavy atom. The number of morpholine rings is 1. The Hall–Kier alpha value is -1.40. The van der Waals surface area contributed by atoms with Crippen LogP contribution in [0.3, 0.4) is 0 Å². The van der Waals surface area contributed by atoms with E-state index in [9.17, 15) is 4.79 Å². The predicted molar refractivity (Wildman–Crippen MR) is 86.2 cm³/mol. The number of likely N-dealkylation sites (tertiary alicyclic amines) is 1. The second kappa shape index (κ2) is 6.61. The zero-order chi connectivity index (χ0) is 15.6. The quantitative estimate of drug-likeness (QED) is 0.912. The van der Waals surface area contributed by atoms with E-state index in [1.165, 1.54) is 24.2 Å². The third-order valence-electron chi connectivity index (χ3n) is 5.35. The lowest BCUT2D eigenvalue weighted by Gasteiger charge is -2.30. The number of hydrogen-bond acceptors (Lipinski definition) is 4. The summed E-state index contributed by atoms with van der Waals surface area (Å²) in [5.41, 5.74) is 2.59. The van der Waals surface area contributed by atoms with Crippen molar-refractivity contribution in [1.82, 2.24) is 19.8 Å². The van der Waals surface area contributed by atoms with Crippen molar-refractivity contribution in [3.63, 3.8) is 0 Å². The van der Waals surface area contributed by atoms with Crippen molar-refractivity contribution >= 4 is 5.91 Å². The molecule has 3 aliphatic rings. The van der Waals surface area contributed by atoms with Crippen LogP contribution in [-0.2, 0) is 22.4 Å². The molecule has 1 amide bonds. The van der Waals surface area contributed by atoms with Crippen LogP contribution in [0.4, 0.5) is 0 Å². The van der Waals surface area contributed by atoms with E-state index in [1.54, 1.807) is 0 Å². The lowest BCUT2D eigenvalue weighted by Crippen LogP contribution is -2.45. The van der Waals surface area contributed by atoms with E-state index < -0.39 is 0 Å². The van der Waals surface area contributed by atoms with Crippen LogP contribution in [0.25, 0.3) is 0 Å². The number of H-pyrrole nitrogens is 1. The van der Waals surface area contributed by atoms with Gasteiger partial charge in [0.05, 0.1) is 31.5 Å². The van der Waals surface area contributed by atoms with Gasteiger partial charge in [-0.3, -0.25) is 9.69 Å². The number of rotatable bonds is 3. The number of aromatic nitrogens is 2. The maximum atomic E-state index is 12.5. The number of fused-ring (bicyclic) bond motifs is 1. The molecule has 3 heterocycles. The van der Waals surface area contributed by atoms with Crippen LogP contribution in [0.15, 0.2) is 0 Å². The monoisotopic (exact) mass is 318 g/mol. The molecule has 0 unspecified atom stereocenters. The van der Waals surface area contributed by atoms with Gasteiger partial charge in [0.15, 0.2) is 0 Å². The highest BCUT2D eigenvalue weighted by Crippen LogP contribution is 2.32. The number of aromatic amines is 1. The van der Waals surface area contributed by atoms with E-state index in [4.69, 9.17) is 9.72 Å².